The Balaban J connectivity index is 1.58. The average Bonchev–Trinajstić information content (AvgIpc) is 3.12. The summed E-state index contributed by atoms with van der Waals surface area (Å²) in [7, 11) is 3.11. The summed E-state index contributed by atoms with van der Waals surface area (Å²) < 4.78 is 25.1. The van der Waals surface area contributed by atoms with Crippen LogP contribution in [0.3, 0.4) is 0 Å². The van der Waals surface area contributed by atoms with Crippen molar-refractivity contribution in [3.63, 3.8) is 0 Å². The summed E-state index contributed by atoms with van der Waals surface area (Å²) in [4.78, 5) is 12.3. The molecular weight excluding hydrogens is 413 g/mol. The van der Waals surface area contributed by atoms with Gasteiger partial charge >= 0.3 is 0 Å². The Morgan fingerprint density at radius 3 is 2.62 bits per heavy atom. The van der Waals surface area contributed by atoms with Crippen LogP contribution in [0.5, 0.6) is 11.5 Å². The van der Waals surface area contributed by atoms with E-state index in [2.05, 4.69) is 16.5 Å². The van der Waals surface area contributed by atoms with Crippen LogP contribution in [-0.4, -0.2) is 36.5 Å². The lowest BCUT2D eigenvalue weighted by molar-refractivity contribution is -0.120. The highest BCUT2D eigenvalue weighted by molar-refractivity contribution is 5.79. The molecule has 0 saturated carbocycles. The summed E-state index contributed by atoms with van der Waals surface area (Å²) in [6.07, 6.45) is 1.19. The number of anilines is 1. The minimum absolute atomic E-state index is 0.148. The van der Waals surface area contributed by atoms with Crippen LogP contribution in [-0.2, 0) is 17.6 Å². The van der Waals surface area contributed by atoms with E-state index in [-0.39, 0.29) is 29.5 Å². The lowest BCUT2D eigenvalue weighted by Crippen LogP contribution is -2.26. The largest absolute Gasteiger partial charge is 0.497 e. The fourth-order valence-corrected chi connectivity index (χ4v) is 3.27. The molecule has 1 amide bonds. The Labute approximate surface area is 185 Å². The molecule has 0 aliphatic heterocycles. The third-order valence-electron chi connectivity index (χ3n) is 4.93. The van der Waals surface area contributed by atoms with Crippen molar-refractivity contribution in [2.45, 2.75) is 19.3 Å². The Morgan fingerprint density at radius 1 is 1.22 bits per heavy atom. The van der Waals surface area contributed by atoms with Crippen molar-refractivity contribution >= 4 is 11.7 Å². The van der Waals surface area contributed by atoms with Crippen LogP contribution in [0, 0.1) is 17.1 Å². The number of halogens is 1. The third kappa shape index (κ3) is 5.16. The molecule has 0 spiro atoms. The maximum absolute atomic E-state index is 13.2. The van der Waals surface area contributed by atoms with Gasteiger partial charge in [0.1, 0.15) is 34.8 Å². The van der Waals surface area contributed by atoms with E-state index in [0.29, 0.717) is 42.3 Å². The molecule has 3 aromatic rings. The van der Waals surface area contributed by atoms with Crippen LogP contribution in [0.1, 0.15) is 23.2 Å². The zero-order valence-corrected chi connectivity index (χ0v) is 17.9. The fraction of sp³-hybridized carbons (Fsp3) is 0.261. The lowest BCUT2D eigenvalue weighted by Gasteiger charge is -2.10. The van der Waals surface area contributed by atoms with Crippen molar-refractivity contribution in [3.05, 3.63) is 65.1 Å². The standard InChI is InChI=1S/C23H24FN5O3/c1-31-18-10-5-15(21(13-18)32-2)12-22(30)27-11-3-4-20-19(14-25)23(26)29(28-20)17-8-6-16(24)7-9-17/h5-10,13H,3-4,11-12,26H2,1-2H3,(H,27,30). The number of nitrogens with one attached hydrogen (secondary N) is 1. The number of amides is 1. The van der Waals surface area contributed by atoms with Gasteiger partial charge in [-0.15, -0.1) is 0 Å². The van der Waals surface area contributed by atoms with Gasteiger partial charge in [0.2, 0.25) is 5.91 Å². The van der Waals surface area contributed by atoms with E-state index in [9.17, 15) is 14.4 Å². The van der Waals surface area contributed by atoms with E-state index in [1.807, 2.05) is 0 Å². The van der Waals surface area contributed by atoms with Crippen molar-refractivity contribution < 1.29 is 18.7 Å². The minimum Gasteiger partial charge on any atom is -0.497 e. The van der Waals surface area contributed by atoms with Gasteiger partial charge in [-0.25, -0.2) is 9.07 Å². The Morgan fingerprint density at radius 2 is 1.97 bits per heavy atom. The van der Waals surface area contributed by atoms with E-state index >= 15 is 0 Å². The third-order valence-corrected chi connectivity index (χ3v) is 4.93. The first-order valence-corrected chi connectivity index (χ1v) is 9.97. The molecule has 0 unspecified atom stereocenters. The van der Waals surface area contributed by atoms with Crippen molar-refractivity contribution in [1.29, 1.82) is 5.26 Å². The second kappa shape index (κ2) is 10.3. The van der Waals surface area contributed by atoms with Crippen molar-refractivity contribution in [2.24, 2.45) is 0 Å². The smallest absolute Gasteiger partial charge is 0.224 e. The fourth-order valence-electron chi connectivity index (χ4n) is 3.27. The zero-order valence-electron chi connectivity index (χ0n) is 17.9. The quantitative estimate of drug-likeness (QED) is 0.498. The summed E-state index contributed by atoms with van der Waals surface area (Å²) in [5, 5.41) is 16.7. The van der Waals surface area contributed by atoms with Gasteiger partial charge in [0.15, 0.2) is 0 Å². The number of benzene rings is 2. The number of nitrogens with two attached hydrogens (primary N) is 1. The molecular formula is C23H24FN5O3. The molecule has 3 rings (SSSR count). The predicted molar refractivity (Wildman–Crippen MR) is 117 cm³/mol. The van der Waals surface area contributed by atoms with Gasteiger partial charge in [-0.2, -0.15) is 10.4 Å². The maximum atomic E-state index is 13.2. The van der Waals surface area contributed by atoms with E-state index < -0.39 is 0 Å². The molecule has 0 bridgehead atoms. The number of rotatable bonds is 9. The molecule has 166 valence electrons. The number of ether oxygens (including phenoxy) is 2. The van der Waals surface area contributed by atoms with Gasteiger partial charge < -0.3 is 20.5 Å². The monoisotopic (exact) mass is 437 g/mol. The van der Waals surface area contributed by atoms with Crippen LogP contribution in [0.4, 0.5) is 10.2 Å². The van der Waals surface area contributed by atoms with Gasteiger partial charge in [0, 0.05) is 18.2 Å². The molecule has 0 saturated heterocycles. The van der Waals surface area contributed by atoms with E-state index in [0.717, 1.165) is 5.56 Å². The lowest BCUT2D eigenvalue weighted by atomic mass is 10.1. The second-order valence-electron chi connectivity index (χ2n) is 7.02. The summed E-state index contributed by atoms with van der Waals surface area (Å²) in [6.45, 7) is 0.408. The zero-order chi connectivity index (χ0) is 23.1. The van der Waals surface area contributed by atoms with Crippen molar-refractivity contribution in [3.8, 4) is 23.3 Å². The number of hydrogen-bond acceptors (Lipinski definition) is 6. The highest BCUT2D eigenvalue weighted by Gasteiger charge is 2.16. The highest BCUT2D eigenvalue weighted by Crippen LogP contribution is 2.25. The van der Waals surface area contributed by atoms with Gasteiger partial charge in [-0.1, -0.05) is 6.07 Å². The first-order chi connectivity index (χ1) is 15.5. The number of aromatic nitrogens is 2. The topological polar surface area (TPSA) is 115 Å². The molecule has 0 fully saturated rings. The average molecular weight is 437 g/mol. The SMILES string of the molecule is COc1ccc(CC(=O)NCCCc2nn(-c3ccc(F)cc3)c(N)c2C#N)c(OC)c1. The normalized spacial score (nSPS) is 10.4. The molecule has 1 heterocycles. The van der Waals surface area contributed by atoms with Crippen molar-refractivity contribution in [1.82, 2.24) is 15.1 Å². The van der Waals surface area contributed by atoms with Crippen molar-refractivity contribution in [2.75, 3.05) is 26.5 Å². The molecule has 8 nitrogen and oxygen atoms in total. The number of carbonyl (C=O) groups excluding carboxylic acids is 1. The molecule has 1 aromatic heterocycles. The van der Waals surface area contributed by atoms with Gasteiger partial charge in [0.25, 0.3) is 0 Å². The highest BCUT2D eigenvalue weighted by atomic mass is 19.1. The Kier molecular flexibility index (Phi) is 7.29. The molecule has 2 aromatic carbocycles. The van der Waals surface area contributed by atoms with Gasteiger partial charge in [-0.3, -0.25) is 4.79 Å². The summed E-state index contributed by atoms with van der Waals surface area (Å²) in [5.41, 5.74) is 8.19. The summed E-state index contributed by atoms with van der Waals surface area (Å²) in [5.74, 6) is 0.914. The number of aryl methyl sites for hydroxylation is 1. The molecule has 32 heavy (non-hydrogen) atoms. The minimum atomic E-state index is -0.372. The first kappa shape index (κ1) is 22.6. The van der Waals surface area contributed by atoms with E-state index in [4.69, 9.17) is 15.2 Å². The van der Waals surface area contributed by atoms with Gasteiger partial charge in [0.05, 0.1) is 32.0 Å². The maximum Gasteiger partial charge on any atom is 0.224 e. The molecule has 0 aliphatic rings. The number of carbonyl (C=O) groups is 1. The molecule has 0 aliphatic carbocycles. The number of nitriles is 1. The molecule has 0 atom stereocenters. The number of nitrogens with zero attached hydrogens (tertiary/aromatic N) is 3. The van der Waals surface area contributed by atoms with Crippen LogP contribution in [0.15, 0.2) is 42.5 Å². The van der Waals surface area contributed by atoms with E-state index in [1.165, 1.54) is 28.9 Å². The molecule has 3 N–H and O–H groups in total. The van der Waals surface area contributed by atoms with E-state index in [1.54, 1.807) is 32.4 Å². The Hall–Kier alpha value is -4.06. The molecule has 0 radical (unpaired) electrons. The number of nitrogen functional groups attached to an aromatic ring is 1. The second-order valence-corrected chi connectivity index (χ2v) is 7.02. The predicted octanol–water partition coefficient (Wildman–Crippen LogP) is 2.77. The van der Waals surface area contributed by atoms with Crippen LogP contribution < -0.4 is 20.5 Å². The number of hydrogen-bond donors (Lipinski definition) is 2. The molecule has 9 heteroatoms. The van der Waals surface area contributed by atoms with Crippen LogP contribution in [0.25, 0.3) is 5.69 Å². The Bertz CT molecular complexity index is 1140. The van der Waals surface area contributed by atoms with Gasteiger partial charge in [-0.05, 0) is 43.2 Å². The summed E-state index contributed by atoms with van der Waals surface area (Å²) >= 11 is 0. The summed E-state index contributed by atoms with van der Waals surface area (Å²) in [6, 6.07) is 13.1. The number of methoxy groups -OCH3 is 2. The van der Waals surface area contributed by atoms with Crippen LogP contribution in [0.2, 0.25) is 0 Å². The first-order valence-electron chi connectivity index (χ1n) is 9.97. The van der Waals surface area contributed by atoms with Crippen LogP contribution >= 0.6 is 0 Å².